The number of aliphatic hydroxyl groups is 1. The van der Waals surface area contributed by atoms with Gasteiger partial charge in [-0.15, -0.1) is 0 Å². The van der Waals surface area contributed by atoms with Crippen LogP contribution < -0.4 is 0 Å². The molecule has 0 bridgehead atoms. The molecule has 5 nitrogen and oxygen atoms in total. The molecule has 0 saturated carbocycles. The fraction of sp³-hybridized carbons (Fsp3) is 0.917. The molecule has 0 radical (unpaired) electrons. The van der Waals surface area contributed by atoms with Crippen molar-refractivity contribution in [1.29, 1.82) is 0 Å². The molecule has 0 fully saturated rings. The van der Waals surface area contributed by atoms with Gasteiger partial charge in [0.2, 0.25) is 0 Å². The van der Waals surface area contributed by atoms with Crippen LogP contribution in [0.2, 0.25) is 0 Å². The highest BCUT2D eigenvalue weighted by atomic mass is 32.2. The Morgan fingerprint density at radius 2 is 1.67 bits per heavy atom. The Balaban J connectivity index is 4.85. The van der Waals surface area contributed by atoms with Crippen molar-refractivity contribution in [2.45, 2.75) is 40.5 Å². The second kappa shape index (κ2) is 7.74. The molecule has 0 aliphatic carbocycles. The van der Waals surface area contributed by atoms with Crippen LogP contribution in [0.4, 0.5) is 0 Å². The van der Waals surface area contributed by atoms with Gasteiger partial charge in [0.25, 0.3) is 10.0 Å². The average Bonchev–Trinajstić information content (AvgIpc) is 2.37. The number of nitrogens with zero attached hydrogens (tertiary/aromatic N) is 2. The monoisotopic (exact) mass is 278 g/mol. The molecule has 0 heterocycles. The summed E-state index contributed by atoms with van der Waals surface area (Å²) in [5.41, 5.74) is -0.570. The number of hydrogen-bond donors (Lipinski definition) is 1. The first kappa shape index (κ1) is 17.4. The molecule has 0 atom stereocenters. The van der Waals surface area contributed by atoms with E-state index in [0.717, 1.165) is 13.1 Å². The molecule has 0 aromatic rings. The van der Waals surface area contributed by atoms with E-state index in [9.17, 15) is 13.5 Å². The fourth-order valence-electron chi connectivity index (χ4n) is 1.67. The summed E-state index contributed by atoms with van der Waals surface area (Å²) in [5, 5.41) is 9.38. The minimum Gasteiger partial charge on any atom is -0.396 e. The summed E-state index contributed by atoms with van der Waals surface area (Å²) >= 11 is 0. The molecule has 6 heteroatoms. The lowest BCUT2D eigenvalue weighted by molar-refractivity contribution is 0.136. The maximum Gasteiger partial charge on any atom is 0.255 e. The van der Waals surface area contributed by atoms with Gasteiger partial charge in [0.05, 0.1) is 5.75 Å². The largest absolute Gasteiger partial charge is 0.396 e. The van der Waals surface area contributed by atoms with E-state index in [0.29, 0.717) is 12.8 Å². The van der Waals surface area contributed by atoms with Crippen molar-refractivity contribution >= 4 is 16.4 Å². The van der Waals surface area contributed by atoms with Gasteiger partial charge < -0.3 is 10.0 Å². The zero-order valence-electron chi connectivity index (χ0n) is 11.9. The van der Waals surface area contributed by atoms with Gasteiger partial charge in [-0.2, -0.15) is 4.40 Å². The van der Waals surface area contributed by atoms with Crippen molar-refractivity contribution in [3.63, 3.8) is 0 Å². The quantitative estimate of drug-likeness (QED) is 0.512. The third-order valence-corrected chi connectivity index (χ3v) is 4.90. The number of aliphatic hydroxyl groups excluding tert-OH is 1. The fourth-order valence-corrected chi connectivity index (χ4v) is 3.30. The molecule has 0 saturated heterocycles. The van der Waals surface area contributed by atoms with E-state index in [-0.39, 0.29) is 12.4 Å². The zero-order valence-corrected chi connectivity index (χ0v) is 12.7. The molecule has 108 valence electrons. The Hall–Kier alpha value is -0.620. The molecule has 0 spiro atoms. The Morgan fingerprint density at radius 1 is 1.17 bits per heavy atom. The van der Waals surface area contributed by atoms with E-state index in [1.807, 2.05) is 32.6 Å². The average molecular weight is 278 g/mol. The summed E-state index contributed by atoms with van der Waals surface area (Å²) in [6.07, 6.45) is 2.63. The molecular formula is C12H26N2O3S. The highest BCUT2D eigenvalue weighted by Gasteiger charge is 2.31. The second-order valence-electron chi connectivity index (χ2n) is 4.53. The van der Waals surface area contributed by atoms with Crippen LogP contribution in [0.1, 0.15) is 40.5 Å². The summed E-state index contributed by atoms with van der Waals surface area (Å²) < 4.78 is 27.5. The van der Waals surface area contributed by atoms with Gasteiger partial charge in [-0.1, -0.05) is 13.8 Å². The van der Waals surface area contributed by atoms with Gasteiger partial charge in [-0.3, -0.25) is 0 Å². The number of rotatable bonds is 9. The van der Waals surface area contributed by atoms with Gasteiger partial charge in [0.15, 0.2) is 0 Å². The normalized spacial score (nSPS) is 13.2. The van der Waals surface area contributed by atoms with Crippen molar-refractivity contribution in [3.8, 4) is 0 Å². The second-order valence-corrected chi connectivity index (χ2v) is 6.20. The summed E-state index contributed by atoms with van der Waals surface area (Å²) in [6, 6.07) is 0. The van der Waals surface area contributed by atoms with Crippen LogP contribution in [-0.2, 0) is 10.0 Å². The molecule has 0 aliphatic rings. The topological polar surface area (TPSA) is 70.0 Å². The Morgan fingerprint density at radius 3 is 2.00 bits per heavy atom. The summed E-state index contributed by atoms with van der Waals surface area (Å²) in [6.45, 7) is 8.99. The molecule has 0 aromatic carbocycles. The standard InChI is InChI=1S/C12H26N2O3S/c1-5-12(6-2,9-15)10-18(16,17)13-11-14(7-3)8-4/h11,15H,5-10H2,1-4H3/b13-11+. The molecule has 0 aromatic heterocycles. The lowest BCUT2D eigenvalue weighted by Crippen LogP contribution is -2.32. The highest BCUT2D eigenvalue weighted by Crippen LogP contribution is 2.28. The third kappa shape index (κ3) is 5.35. The van der Waals surface area contributed by atoms with Gasteiger partial charge in [-0.05, 0) is 26.7 Å². The van der Waals surface area contributed by atoms with Crippen molar-refractivity contribution in [2.24, 2.45) is 9.81 Å². The molecule has 0 unspecified atom stereocenters. The number of hydrogen-bond acceptors (Lipinski definition) is 3. The van der Waals surface area contributed by atoms with E-state index < -0.39 is 15.4 Å². The molecular weight excluding hydrogens is 252 g/mol. The molecule has 0 aliphatic heterocycles. The van der Waals surface area contributed by atoms with E-state index in [1.54, 1.807) is 0 Å². The summed E-state index contributed by atoms with van der Waals surface area (Å²) in [4.78, 5) is 1.82. The van der Waals surface area contributed by atoms with Crippen molar-refractivity contribution in [2.75, 3.05) is 25.4 Å². The van der Waals surface area contributed by atoms with Crippen LogP contribution in [0.3, 0.4) is 0 Å². The molecule has 0 amide bonds. The third-order valence-electron chi connectivity index (χ3n) is 3.51. The van der Waals surface area contributed by atoms with Crippen molar-refractivity contribution in [3.05, 3.63) is 0 Å². The first-order valence-corrected chi connectivity index (χ1v) is 8.12. The Labute approximate surface area is 111 Å². The van der Waals surface area contributed by atoms with Gasteiger partial charge in [0.1, 0.15) is 6.34 Å². The van der Waals surface area contributed by atoms with Crippen molar-refractivity contribution < 1.29 is 13.5 Å². The van der Waals surface area contributed by atoms with Gasteiger partial charge >= 0.3 is 0 Å². The van der Waals surface area contributed by atoms with Crippen LogP contribution in [0.5, 0.6) is 0 Å². The van der Waals surface area contributed by atoms with Crippen LogP contribution in [0.25, 0.3) is 0 Å². The van der Waals surface area contributed by atoms with Gasteiger partial charge in [0, 0.05) is 25.1 Å². The van der Waals surface area contributed by atoms with E-state index in [4.69, 9.17) is 0 Å². The van der Waals surface area contributed by atoms with Gasteiger partial charge in [-0.25, -0.2) is 8.42 Å². The first-order chi connectivity index (χ1) is 8.38. The first-order valence-electron chi connectivity index (χ1n) is 6.51. The summed E-state index contributed by atoms with van der Waals surface area (Å²) in [7, 11) is -3.52. The van der Waals surface area contributed by atoms with E-state index in [1.165, 1.54) is 6.34 Å². The predicted molar refractivity (Wildman–Crippen MR) is 75.3 cm³/mol. The summed E-state index contributed by atoms with van der Waals surface area (Å²) in [5.74, 6) is -0.0960. The lowest BCUT2D eigenvalue weighted by Gasteiger charge is -2.27. The Kier molecular flexibility index (Phi) is 7.47. The van der Waals surface area contributed by atoms with Crippen LogP contribution >= 0.6 is 0 Å². The zero-order chi connectivity index (χ0) is 14.2. The maximum absolute atomic E-state index is 11.9. The molecule has 1 N–H and O–H groups in total. The van der Waals surface area contributed by atoms with Crippen LogP contribution in [-0.4, -0.2) is 50.2 Å². The highest BCUT2D eigenvalue weighted by molar-refractivity contribution is 7.90. The lowest BCUT2D eigenvalue weighted by atomic mass is 9.86. The van der Waals surface area contributed by atoms with E-state index in [2.05, 4.69) is 4.40 Å². The SMILES string of the molecule is CCN(/C=N/S(=O)(=O)CC(CC)(CC)CO)CC. The van der Waals surface area contributed by atoms with Crippen LogP contribution in [0.15, 0.2) is 4.40 Å². The smallest absolute Gasteiger partial charge is 0.255 e. The maximum atomic E-state index is 11.9. The predicted octanol–water partition coefficient (Wildman–Crippen LogP) is 1.48. The molecule has 0 rings (SSSR count). The van der Waals surface area contributed by atoms with E-state index >= 15 is 0 Å². The van der Waals surface area contributed by atoms with Crippen molar-refractivity contribution in [1.82, 2.24) is 4.90 Å². The minimum atomic E-state index is -3.52. The minimum absolute atomic E-state index is 0.0960. The number of sulfonamides is 1. The van der Waals surface area contributed by atoms with Crippen LogP contribution in [0, 0.1) is 5.41 Å². The Bertz CT molecular complexity index is 336. The molecule has 18 heavy (non-hydrogen) atoms.